The second kappa shape index (κ2) is 18.7. The summed E-state index contributed by atoms with van der Waals surface area (Å²) in [7, 11) is 3.36. The summed E-state index contributed by atoms with van der Waals surface area (Å²) >= 11 is 0. The Hall–Kier alpha value is -7.38. The maximum Gasteiger partial charge on any atom is 0.131 e. The van der Waals surface area contributed by atoms with Crippen molar-refractivity contribution in [2.24, 2.45) is 0 Å². The zero-order chi connectivity index (χ0) is 40.2. The van der Waals surface area contributed by atoms with Gasteiger partial charge in [0.25, 0.3) is 0 Å². The second-order valence-electron chi connectivity index (χ2n) is 14.3. The number of anilines is 2. The number of ether oxygens (including phenoxy) is 3. The summed E-state index contributed by atoms with van der Waals surface area (Å²) in [6.45, 7) is 1.36. The number of rotatable bonds is 16. The first-order valence-corrected chi connectivity index (χ1v) is 19.8. The Bertz CT molecular complexity index is 2380. The summed E-state index contributed by atoms with van der Waals surface area (Å²) in [5.41, 5.74) is 12.5. The Morgan fingerprint density at radius 2 is 0.831 bits per heavy atom. The Morgan fingerprint density at radius 1 is 0.407 bits per heavy atom. The molecule has 2 N–H and O–H groups in total. The van der Waals surface area contributed by atoms with Crippen molar-refractivity contribution in [2.45, 2.75) is 25.9 Å². The molecular formula is C52H46N4O3. The minimum Gasteiger partial charge on any atom is -0.497 e. The molecule has 0 saturated heterocycles. The van der Waals surface area contributed by atoms with Crippen LogP contribution in [0.15, 0.2) is 182 Å². The molecular weight excluding hydrogens is 729 g/mol. The van der Waals surface area contributed by atoms with Gasteiger partial charge in [-0.3, -0.25) is 9.97 Å². The van der Waals surface area contributed by atoms with E-state index in [1.54, 1.807) is 14.2 Å². The molecule has 7 nitrogen and oxygen atoms in total. The first-order chi connectivity index (χ1) is 29.1. The van der Waals surface area contributed by atoms with Crippen LogP contribution in [0.5, 0.6) is 23.0 Å². The Morgan fingerprint density at radius 3 is 1.20 bits per heavy atom. The fourth-order valence-electron chi connectivity index (χ4n) is 7.10. The predicted molar refractivity (Wildman–Crippen MR) is 239 cm³/mol. The quantitative estimate of drug-likeness (QED) is 0.101. The molecule has 0 aliphatic rings. The largest absolute Gasteiger partial charge is 0.497 e. The van der Waals surface area contributed by atoms with Gasteiger partial charge in [0.2, 0.25) is 0 Å². The standard InChI is InChI=1S/C52H46N4O3/c1-57-43-25-19-39(20-26-43)33-53-41-23-29-49(55-35-41)45-15-9-17-51(47(45)31-37-11-5-3-6-12-37)59-52-18-10-16-46(48(52)32-38-13-7-4-8-14-38)50-30-24-42(36-56-50)54-34-40-21-27-44(58-2)28-22-40/h3-30,35-36,53-54H,31-34H2,1-2H3. The summed E-state index contributed by atoms with van der Waals surface area (Å²) in [6.07, 6.45) is 5.14. The molecule has 0 saturated carbocycles. The fraction of sp³-hybridized carbons (Fsp3) is 0.115. The summed E-state index contributed by atoms with van der Waals surface area (Å²) in [4.78, 5) is 9.91. The molecule has 8 rings (SSSR count). The molecule has 0 spiro atoms. The Balaban J connectivity index is 1.10. The van der Waals surface area contributed by atoms with Gasteiger partial charge in [-0.05, 0) is 82.9 Å². The van der Waals surface area contributed by atoms with Crippen LogP contribution in [-0.4, -0.2) is 24.2 Å². The molecule has 8 aromatic rings. The predicted octanol–water partition coefficient (Wildman–Crippen LogP) is 12.0. The number of methoxy groups -OCH3 is 2. The molecule has 2 aromatic heterocycles. The molecule has 0 bridgehead atoms. The molecule has 0 radical (unpaired) electrons. The van der Waals surface area contributed by atoms with Crippen LogP contribution in [0.25, 0.3) is 22.5 Å². The normalized spacial score (nSPS) is 10.8. The van der Waals surface area contributed by atoms with E-state index >= 15 is 0 Å². The van der Waals surface area contributed by atoms with Gasteiger partial charge in [0.15, 0.2) is 0 Å². The number of hydrogen-bond acceptors (Lipinski definition) is 7. The SMILES string of the molecule is COc1ccc(CNc2ccc(-c3cccc(Oc4cccc(-c5ccc(NCc6ccc(OC)cc6)cn5)c4Cc4ccccc4)c3Cc3ccccc3)nc2)cc1. The molecule has 0 amide bonds. The van der Waals surface area contributed by atoms with Crippen molar-refractivity contribution in [2.75, 3.05) is 24.9 Å². The highest BCUT2D eigenvalue weighted by Crippen LogP contribution is 2.39. The number of pyridine rings is 2. The molecule has 7 heteroatoms. The highest BCUT2D eigenvalue weighted by Gasteiger charge is 2.19. The van der Waals surface area contributed by atoms with Crippen LogP contribution in [-0.2, 0) is 25.9 Å². The first kappa shape index (κ1) is 38.5. The van der Waals surface area contributed by atoms with Gasteiger partial charge in [0.05, 0.1) is 49.4 Å². The van der Waals surface area contributed by atoms with Crippen LogP contribution in [0.1, 0.15) is 33.4 Å². The zero-order valence-corrected chi connectivity index (χ0v) is 33.3. The molecule has 0 aliphatic heterocycles. The summed E-state index contributed by atoms with van der Waals surface area (Å²) in [6, 6.07) is 58.0. The van der Waals surface area contributed by atoms with Crippen LogP contribution in [0.3, 0.4) is 0 Å². The molecule has 2 heterocycles. The van der Waals surface area contributed by atoms with Crippen molar-refractivity contribution < 1.29 is 14.2 Å². The number of benzene rings is 6. The Labute approximate surface area is 346 Å². The number of hydrogen-bond donors (Lipinski definition) is 2. The average Bonchev–Trinajstić information content (AvgIpc) is 3.30. The van der Waals surface area contributed by atoms with Gasteiger partial charge in [0, 0.05) is 48.2 Å². The van der Waals surface area contributed by atoms with Crippen LogP contribution < -0.4 is 24.8 Å². The van der Waals surface area contributed by atoms with Crippen molar-refractivity contribution in [3.63, 3.8) is 0 Å². The molecule has 292 valence electrons. The summed E-state index contributed by atoms with van der Waals surface area (Å²) < 4.78 is 17.7. The van der Waals surface area contributed by atoms with Gasteiger partial charge in [-0.2, -0.15) is 0 Å². The maximum atomic E-state index is 7.07. The van der Waals surface area contributed by atoms with Crippen LogP contribution in [0.2, 0.25) is 0 Å². The van der Waals surface area contributed by atoms with Gasteiger partial charge in [0.1, 0.15) is 23.0 Å². The third-order valence-corrected chi connectivity index (χ3v) is 10.3. The van der Waals surface area contributed by atoms with Crippen LogP contribution in [0, 0.1) is 0 Å². The highest BCUT2D eigenvalue weighted by atomic mass is 16.5. The topological polar surface area (TPSA) is 77.5 Å². The summed E-state index contributed by atoms with van der Waals surface area (Å²) in [5, 5.41) is 7.00. The van der Waals surface area contributed by atoms with E-state index in [0.717, 1.165) is 79.1 Å². The van der Waals surface area contributed by atoms with Crippen molar-refractivity contribution >= 4 is 11.4 Å². The van der Waals surface area contributed by atoms with Gasteiger partial charge >= 0.3 is 0 Å². The second-order valence-corrected chi connectivity index (χ2v) is 14.3. The van der Waals surface area contributed by atoms with E-state index in [2.05, 4.69) is 144 Å². The van der Waals surface area contributed by atoms with E-state index in [9.17, 15) is 0 Å². The van der Waals surface area contributed by atoms with Gasteiger partial charge in [-0.25, -0.2) is 0 Å². The Kier molecular flexibility index (Phi) is 12.2. The highest BCUT2D eigenvalue weighted by molar-refractivity contribution is 5.72. The van der Waals surface area contributed by atoms with Gasteiger partial charge in [-0.15, -0.1) is 0 Å². The smallest absolute Gasteiger partial charge is 0.131 e. The van der Waals surface area contributed by atoms with Crippen LogP contribution >= 0.6 is 0 Å². The van der Waals surface area contributed by atoms with Crippen molar-refractivity contribution in [1.82, 2.24) is 9.97 Å². The van der Waals surface area contributed by atoms with Crippen LogP contribution in [0.4, 0.5) is 11.4 Å². The van der Waals surface area contributed by atoms with E-state index in [4.69, 9.17) is 24.2 Å². The molecule has 0 unspecified atom stereocenters. The lowest BCUT2D eigenvalue weighted by Gasteiger charge is -2.20. The average molecular weight is 775 g/mol. The van der Waals surface area contributed by atoms with Crippen molar-refractivity contribution in [3.05, 3.63) is 216 Å². The molecule has 6 aromatic carbocycles. The van der Waals surface area contributed by atoms with E-state index in [-0.39, 0.29) is 0 Å². The monoisotopic (exact) mass is 774 g/mol. The number of nitrogens with one attached hydrogen (secondary N) is 2. The van der Waals surface area contributed by atoms with E-state index in [0.29, 0.717) is 25.9 Å². The minimum atomic E-state index is 0.672. The third-order valence-electron chi connectivity index (χ3n) is 10.3. The third kappa shape index (κ3) is 9.78. The van der Waals surface area contributed by atoms with Crippen molar-refractivity contribution in [1.29, 1.82) is 0 Å². The lowest BCUT2D eigenvalue weighted by atomic mass is 9.95. The lowest BCUT2D eigenvalue weighted by Crippen LogP contribution is -2.03. The first-order valence-electron chi connectivity index (χ1n) is 19.8. The van der Waals surface area contributed by atoms with Gasteiger partial charge < -0.3 is 24.8 Å². The fourth-order valence-corrected chi connectivity index (χ4v) is 7.10. The van der Waals surface area contributed by atoms with E-state index < -0.39 is 0 Å². The molecule has 0 atom stereocenters. The summed E-state index contributed by atoms with van der Waals surface area (Å²) in [5.74, 6) is 3.25. The lowest BCUT2D eigenvalue weighted by molar-refractivity contribution is 0.414. The number of nitrogens with zero attached hydrogens (tertiary/aromatic N) is 2. The maximum absolute atomic E-state index is 7.07. The van der Waals surface area contributed by atoms with Gasteiger partial charge in [-0.1, -0.05) is 109 Å². The molecule has 0 aliphatic carbocycles. The number of aromatic nitrogens is 2. The van der Waals surface area contributed by atoms with Crippen molar-refractivity contribution in [3.8, 4) is 45.5 Å². The molecule has 0 fully saturated rings. The minimum absolute atomic E-state index is 0.672. The molecule has 59 heavy (non-hydrogen) atoms. The zero-order valence-electron chi connectivity index (χ0n) is 33.3. The van der Waals surface area contributed by atoms with E-state index in [1.165, 1.54) is 11.1 Å². The van der Waals surface area contributed by atoms with E-state index in [1.807, 2.05) is 48.8 Å².